The number of amides is 2. The van der Waals surface area contributed by atoms with Crippen molar-refractivity contribution in [3.05, 3.63) is 65.2 Å². The highest BCUT2D eigenvalue weighted by atomic mass is 35.5. The topological polar surface area (TPSA) is 49.4 Å². The number of hydrogen-bond acceptors (Lipinski definition) is 2. The van der Waals surface area contributed by atoms with Gasteiger partial charge in [0.1, 0.15) is 6.04 Å². The van der Waals surface area contributed by atoms with Crippen molar-refractivity contribution in [3.8, 4) is 0 Å². The lowest BCUT2D eigenvalue weighted by atomic mass is 9.94. The van der Waals surface area contributed by atoms with Gasteiger partial charge in [0, 0.05) is 29.1 Å². The number of nitrogens with one attached hydrogen (secondary N) is 1. The Labute approximate surface area is 182 Å². The highest BCUT2D eigenvalue weighted by Crippen LogP contribution is 2.30. The summed E-state index contributed by atoms with van der Waals surface area (Å²) in [5.41, 5.74) is 1.39. The molecule has 1 aliphatic rings. The van der Waals surface area contributed by atoms with E-state index in [1.165, 1.54) is 6.42 Å². The standard InChI is InChI=1S/C23H26Cl2N2O2/c24-16-15-21(28)27(20-9-5-2-6-10-20)22(17-11-13-18(25)14-12-17)23(29)26-19-7-3-1-4-8-19/h2,5-6,9-14,19,22H,1,3-4,7-8,15-16H2,(H,26,29). The molecule has 6 heteroatoms. The predicted octanol–water partition coefficient (Wildman–Crippen LogP) is 5.49. The van der Waals surface area contributed by atoms with E-state index in [1.807, 2.05) is 30.3 Å². The van der Waals surface area contributed by atoms with E-state index in [0.717, 1.165) is 31.2 Å². The van der Waals surface area contributed by atoms with Gasteiger partial charge >= 0.3 is 0 Å². The molecule has 1 unspecified atom stereocenters. The molecule has 0 aliphatic heterocycles. The van der Waals surface area contributed by atoms with Crippen molar-refractivity contribution in [3.63, 3.8) is 0 Å². The molecule has 1 atom stereocenters. The van der Waals surface area contributed by atoms with Crippen molar-refractivity contribution in [1.29, 1.82) is 0 Å². The van der Waals surface area contributed by atoms with Crippen LogP contribution in [0.5, 0.6) is 0 Å². The number of alkyl halides is 1. The Morgan fingerprint density at radius 3 is 2.28 bits per heavy atom. The van der Waals surface area contributed by atoms with E-state index < -0.39 is 6.04 Å². The number of rotatable bonds is 7. The molecular formula is C23H26Cl2N2O2. The number of para-hydroxylation sites is 1. The third-order valence-corrected chi connectivity index (χ3v) is 5.70. The van der Waals surface area contributed by atoms with Gasteiger partial charge in [-0.2, -0.15) is 0 Å². The molecule has 1 aliphatic carbocycles. The second-order valence-electron chi connectivity index (χ2n) is 7.34. The average molecular weight is 433 g/mol. The fraction of sp³-hybridized carbons (Fsp3) is 0.391. The minimum absolute atomic E-state index is 0.145. The SMILES string of the molecule is O=C(NC1CCCCC1)C(c1ccc(Cl)cc1)N(C(=O)CCCl)c1ccccc1. The summed E-state index contributed by atoms with van der Waals surface area (Å²) >= 11 is 11.9. The van der Waals surface area contributed by atoms with Crippen LogP contribution in [-0.2, 0) is 9.59 Å². The smallest absolute Gasteiger partial charge is 0.248 e. The van der Waals surface area contributed by atoms with Crippen LogP contribution < -0.4 is 10.2 Å². The van der Waals surface area contributed by atoms with Crippen LogP contribution in [0.1, 0.15) is 50.1 Å². The predicted molar refractivity (Wildman–Crippen MR) is 118 cm³/mol. The molecule has 0 heterocycles. The lowest BCUT2D eigenvalue weighted by molar-refractivity contribution is -0.127. The number of anilines is 1. The maximum absolute atomic E-state index is 13.4. The molecule has 29 heavy (non-hydrogen) atoms. The van der Waals surface area contributed by atoms with Gasteiger partial charge in [-0.15, -0.1) is 11.6 Å². The molecule has 0 spiro atoms. The number of halogens is 2. The van der Waals surface area contributed by atoms with Gasteiger partial charge in [-0.25, -0.2) is 0 Å². The maximum Gasteiger partial charge on any atom is 0.248 e. The van der Waals surface area contributed by atoms with Crippen LogP contribution in [0.2, 0.25) is 5.02 Å². The van der Waals surface area contributed by atoms with Crippen LogP contribution in [0, 0.1) is 0 Å². The molecule has 0 bridgehead atoms. The van der Waals surface area contributed by atoms with E-state index >= 15 is 0 Å². The van der Waals surface area contributed by atoms with Gasteiger partial charge in [-0.3, -0.25) is 14.5 Å². The summed E-state index contributed by atoms with van der Waals surface area (Å²) in [6, 6.07) is 15.7. The second kappa shape index (κ2) is 10.7. The molecule has 0 aromatic heterocycles. The van der Waals surface area contributed by atoms with Crippen molar-refractivity contribution < 1.29 is 9.59 Å². The first-order valence-corrected chi connectivity index (χ1v) is 11.0. The largest absolute Gasteiger partial charge is 0.351 e. The number of carbonyl (C=O) groups is 2. The van der Waals surface area contributed by atoms with Crippen molar-refractivity contribution >= 4 is 40.7 Å². The van der Waals surface area contributed by atoms with E-state index in [1.54, 1.807) is 29.2 Å². The van der Waals surface area contributed by atoms with Crippen LogP contribution in [0.15, 0.2) is 54.6 Å². The van der Waals surface area contributed by atoms with Crippen molar-refractivity contribution in [2.24, 2.45) is 0 Å². The maximum atomic E-state index is 13.4. The first-order valence-electron chi connectivity index (χ1n) is 10.1. The average Bonchev–Trinajstić information content (AvgIpc) is 2.74. The molecule has 2 aromatic rings. The van der Waals surface area contributed by atoms with Gasteiger partial charge in [0.15, 0.2) is 0 Å². The zero-order chi connectivity index (χ0) is 20.6. The van der Waals surface area contributed by atoms with E-state index in [2.05, 4.69) is 5.32 Å². The first kappa shape index (κ1) is 21.7. The minimum atomic E-state index is -0.785. The Morgan fingerprint density at radius 1 is 1.00 bits per heavy atom. The molecule has 2 aromatic carbocycles. The lowest BCUT2D eigenvalue weighted by Gasteiger charge is -2.33. The second-order valence-corrected chi connectivity index (χ2v) is 8.15. The normalized spacial score (nSPS) is 15.5. The van der Waals surface area contributed by atoms with E-state index in [-0.39, 0.29) is 30.2 Å². The van der Waals surface area contributed by atoms with Gasteiger partial charge in [0.05, 0.1) is 0 Å². The van der Waals surface area contributed by atoms with Crippen LogP contribution in [0.25, 0.3) is 0 Å². The summed E-state index contributed by atoms with van der Waals surface area (Å²) < 4.78 is 0. The molecule has 3 rings (SSSR count). The van der Waals surface area contributed by atoms with Crippen molar-refractivity contribution in [1.82, 2.24) is 5.32 Å². The quantitative estimate of drug-likeness (QED) is 0.587. The molecule has 154 valence electrons. The molecule has 4 nitrogen and oxygen atoms in total. The fourth-order valence-corrected chi connectivity index (χ4v) is 4.10. The molecule has 2 amide bonds. The number of benzene rings is 2. The summed E-state index contributed by atoms with van der Waals surface area (Å²) in [7, 11) is 0. The molecule has 0 saturated heterocycles. The van der Waals surface area contributed by atoms with Gasteiger partial charge in [-0.1, -0.05) is 61.2 Å². The first-order chi connectivity index (χ1) is 14.1. The molecular weight excluding hydrogens is 407 g/mol. The zero-order valence-electron chi connectivity index (χ0n) is 16.3. The summed E-state index contributed by atoms with van der Waals surface area (Å²) in [6.07, 6.45) is 5.53. The monoisotopic (exact) mass is 432 g/mol. The van der Waals surface area contributed by atoms with Gasteiger partial charge < -0.3 is 5.32 Å². The Bertz CT molecular complexity index is 805. The van der Waals surface area contributed by atoms with Gasteiger partial charge in [0.25, 0.3) is 0 Å². The lowest BCUT2D eigenvalue weighted by Crippen LogP contribution is -2.47. The van der Waals surface area contributed by atoms with Gasteiger partial charge in [-0.05, 0) is 42.7 Å². The fourth-order valence-electron chi connectivity index (χ4n) is 3.82. The van der Waals surface area contributed by atoms with Crippen LogP contribution in [0.3, 0.4) is 0 Å². The molecule has 0 radical (unpaired) electrons. The third kappa shape index (κ3) is 5.74. The highest BCUT2D eigenvalue weighted by Gasteiger charge is 2.33. The Hall–Kier alpha value is -2.04. The third-order valence-electron chi connectivity index (χ3n) is 5.26. The summed E-state index contributed by atoms with van der Waals surface area (Å²) in [5, 5.41) is 3.76. The van der Waals surface area contributed by atoms with E-state index in [4.69, 9.17) is 23.2 Å². The zero-order valence-corrected chi connectivity index (χ0v) is 17.8. The Morgan fingerprint density at radius 2 is 1.66 bits per heavy atom. The van der Waals surface area contributed by atoms with Gasteiger partial charge in [0.2, 0.25) is 11.8 Å². The Balaban J connectivity index is 1.99. The highest BCUT2D eigenvalue weighted by molar-refractivity contribution is 6.30. The molecule has 1 saturated carbocycles. The van der Waals surface area contributed by atoms with E-state index in [0.29, 0.717) is 10.7 Å². The number of hydrogen-bond donors (Lipinski definition) is 1. The summed E-state index contributed by atoms with van der Waals surface area (Å²) in [4.78, 5) is 28.1. The summed E-state index contributed by atoms with van der Waals surface area (Å²) in [5.74, 6) is -0.171. The molecule has 1 fully saturated rings. The minimum Gasteiger partial charge on any atom is -0.351 e. The van der Waals surface area contributed by atoms with Crippen LogP contribution in [0.4, 0.5) is 5.69 Å². The summed E-state index contributed by atoms with van der Waals surface area (Å²) in [6.45, 7) is 0. The number of nitrogens with zero attached hydrogens (tertiary/aromatic N) is 1. The van der Waals surface area contributed by atoms with Crippen molar-refractivity contribution in [2.75, 3.05) is 10.8 Å². The van der Waals surface area contributed by atoms with E-state index in [9.17, 15) is 9.59 Å². The molecule has 1 N–H and O–H groups in total. The Kier molecular flexibility index (Phi) is 7.96. The van der Waals surface area contributed by atoms with Crippen molar-refractivity contribution in [2.45, 2.75) is 50.6 Å². The van der Waals surface area contributed by atoms with Crippen LogP contribution >= 0.6 is 23.2 Å². The van der Waals surface area contributed by atoms with Crippen LogP contribution in [-0.4, -0.2) is 23.7 Å². The number of carbonyl (C=O) groups excluding carboxylic acids is 2.